The van der Waals surface area contributed by atoms with Crippen molar-refractivity contribution in [2.24, 2.45) is 0 Å². The van der Waals surface area contributed by atoms with E-state index < -0.39 is 0 Å². The highest BCUT2D eigenvalue weighted by atomic mass is 16.5. The molecule has 128 valence electrons. The molecule has 0 radical (unpaired) electrons. The number of ether oxygens (including phenoxy) is 1. The average Bonchev–Trinajstić information content (AvgIpc) is 2.61. The van der Waals surface area contributed by atoms with Crippen molar-refractivity contribution >= 4 is 22.6 Å². The molecular formula is C20H26N2O2. The van der Waals surface area contributed by atoms with E-state index in [0.717, 1.165) is 16.6 Å². The second-order valence-electron chi connectivity index (χ2n) is 6.66. The predicted octanol–water partition coefficient (Wildman–Crippen LogP) is 4.49. The first kappa shape index (κ1) is 16.7. The molecule has 2 aromatic rings. The van der Waals surface area contributed by atoms with Gasteiger partial charge in [-0.1, -0.05) is 30.9 Å². The van der Waals surface area contributed by atoms with Gasteiger partial charge in [-0.2, -0.15) is 0 Å². The maximum absolute atomic E-state index is 12.5. The molecule has 0 N–H and O–H groups in total. The topological polar surface area (TPSA) is 42.4 Å². The largest absolute Gasteiger partial charge is 0.462 e. The maximum Gasteiger partial charge on any atom is 0.341 e. The molecule has 1 saturated carbocycles. The number of aromatic nitrogens is 1. The van der Waals surface area contributed by atoms with E-state index in [1.165, 1.54) is 37.7 Å². The van der Waals surface area contributed by atoms with Crippen molar-refractivity contribution in [1.82, 2.24) is 4.98 Å². The first-order chi connectivity index (χ1) is 11.6. The third-order valence-corrected chi connectivity index (χ3v) is 4.97. The molecule has 1 aromatic carbocycles. The van der Waals surface area contributed by atoms with Gasteiger partial charge in [0.05, 0.1) is 17.8 Å². The van der Waals surface area contributed by atoms with Crippen LogP contribution in [0.1, 0.15) is 54.9 Å². The molecule has 1 fully saturated rings. The summed E-state index contributed by atoms with van der Waals surface area (Å²) in [5.41, 5.74) is 3.63. The van der Waals surface area contributed by atoms with E-state index in [1.807, 2.05) is 13.0 Å². The monoisotopic (exact) mass is 326 g/mol. The number of esters is 1. The van der Waals surface area contributed by atoms with Gasteiger partial charge in [0.25, 0.3) is 0 Å². The fraction of sp³-hybridized carbons (Fsp3) is 0.500. The standard InChI is InChI=1S/C20H26N2O2/c1-4-24-20(23)17-13-21-18-11-10-14(2)12-16(18)19(17)22(3)15-8-6-5-7-9-15/h10-13,15H,4-9H2,1-3H3. The number of fused-ring (bicyclic) bond motifs is 1. The Morgan fingerprint density at radius 1 is 1.29 bits per heavy atom. The summed E-state index contributed by atoms with van der Waals surface area (Å²) in [5.74, 6) is -0.286. The highest BCUT2D eigenvalue weighted by molar-refractivity contribution is 6.05. The lowest BCUT2D eigenvalue weighted by Crippen LogP contribution is -2.34. The molecule has 24 heavy (non-hydrogen) atoms. The summed E-state index contributed by atoms with van der Waals surface area (Å²) in [5, 5.41) is 1.04. The van der Waals surface area contributed by atoms with Gasteiger partial charge in [0.2, 0.25) is 0 Å². The Hall–Kier alpha value is -2.10. The summed E-state index contributed by atoms with van der Waals surface area (Å²) in [6.07, 6.45) is 7.84. The molecule has 4 nitrogen and oxygen atoms in total. The number of pyridine rings is 1. The third-order valence-electron chi connectivity index (χ3n) is 4.97. The van der Waals surface area contributed by atoms with E-state index in [9.17, 15) is 4.79 Å². The first-order valence-electron chi connectivity index (χ1n) is 8.91. The van der Waals surface area contributed by atoms with Crippen LogP contribution in [0, 0.1) is 6.92 Å². The van der Waals surface area contributed by atoms with Crippen LogP contribution in [0.4, 0.5) is 5.69 Å². The van der Waals surface area contributed by atoms with Gasteiger partial charge < -0.3 is 9.64 Å². The van der Waals surface area contributed by atoms with Gasteiger partial charge in [-0.3, -0.25) is 4.98 Å². The van der Waals surface area contributed by atoms with Crippen LogP contribution in [0.2, 0.25) is 0 Å². The number of nitrogens with zero attached hydrogens (tertiary/aromatic N) is 2. The summed E-state index contributed by atoms with van der Waals surface area (Å²) in [6.45, 7) is 4.28. The zero-order valence-corrected chi connectivity index (χ0v) is 14.8. The number of rotatable bonds is 4. The molecule has 1 heterocycles. The Bertz CT molecular complexity index is 736. The quantitative estimate of drug-likeness (QED) is 0.776. The van der Waals surface area contributed by atoms with Crippen molar-refractivity contribution in [1.29, 1.82) is 0 Å². The van der Waals surface area contributed by atoms with E-state index >= 15 is 0 Å². The van der Waals surface area contributed by atoms with Crippen molar-refractivity contribution < 1.29 is 9.53 Å². The number of aryl methyl sites for hydroxylation is 1. The van der Waals surface area contributed by atoms with E-state index in [1.54, 1.807) is 6.20 Å². The maximum atomic E-state index is 12.5. The average molecular weight is 326 g/mol. The fourth-order valence-electron chi connectivity index (χ4n) is 3.68. The van der Waals surface area contributed by atoms with Crippen LogP contribution in [0.3, 0.4) is 0 Å². The molecule has 1 aliphatic carbocycles. The van der Waals surface area contributed by atoms with Crippen molar-refractivity contribution in [3.8, 4) is 0 Å². The van der Waals surface area contributed by atoms with Crippen LogP contribution in [0.15, 0.2) is 24.4 Å². The van der Waals surface area contributed by atoms with Gasteiger partial charge in [-0.25, -0.2) is 4.79 Å². The van der Waals surface area contributed by atoms with Crippen molar-refractivity contribution in [3.05, 3.63) is 35.5 Å². The fourth-order valence-corrected chi connectivity index (χ4v) is 3.68. The van der Waals surface area contributed by atoms with Gasteiger partial charge in [0.15, 0.2) is 0 Å². The molecule has 0 spiro atoms. The summed E-state index contributed by atoms with van der Waals surface area (Å²) < 4.78 is 5.28. The first-order valence-corrected chi connectivity index (χ1v) is 8.91. The normalized spacial score (nSPS) is 15.5. The molecule has 4 heteroatoms. The van der Waals surface area contributed by atoms with Gasteiger partial charge in [0.1, 0.15) is 5.56 Å². The Morgan fingerprint density at radius 3 is 2.75 bits per heavy atom. The van der Waals surface area contributed by atoms with Crippen LogP contribution in [0.25, 0.3) is 10.9 Å². The Kier molecular flexibility index (Phi) is 5.03. The summed E-state index contributed by atoms with van der Waals surface area (Å²) in [7, 11) is 2.11. The highest BCUT2D eigenvalue weighted by Gasteiger charge is 2.25. The molecule has 0 amide bonds. The lowest BCUT2D eigenvalue weighted by atomic mass is 9.93. The number of hydrogen-bond acceptors (Lipinski definition) is 4. The number of carbonyl (C=O) groups excluding carboxylic acids is 1. The highest BCUT2D eigenvalue weighted by Crippen LogP contribution is 2.34. The van der Waals surface area contributed by atoms with Crippen LogP contribution < -0.4 is 4.90 Å². The molecule has 0 unspecified atom stereocenters. The minimum atomic E-state index is -0.286. The zero-order valence-electron chi connectivity index (χ0n) is 14.8. The van der Waals surface area contributed by atoms with Gasteiger partial charge in [0, 0.05) is 24.7 Å². The van der Waals surface area contributed by atoms with Crippen LogP contribution in [-0.4, -0.2) is 30.6 Å². The Balaban J connectivity index is 2.14. The second kappa shape index (κ2) is 7.20. The predicted molar refractivity (Wildman–Crippen MR) is 97.7 cm³/mol. The SMILES string of the molecule is CCOC(=O)c1cnc2ccc(C)cc2c1N(C)C1CCCCC1. The van der Waals surface area contributed by atoms with E-state index in [2.05, 4.69) is 36.0 Å². The third kappa shape index (κ3) is 3.23. The smallest absolute Gasteiger partial charge is 0.341 e. The molecule has 3 rings (SSSR count). The summed E-state index contributed by atoms with van der Waals surface area (Å²) in [4.78, 5) is 19.3. The second-order valence-corrected chi connectivity index (χ2v) is 6.66. The number of anilines is 1. The van der Waals surface area contributed by atoms with Crippen molar-refractivity contribution in [2.75, 3.05) is 18.6 Å². The van der Waals surface area contributed by atoms with Crippen molar-refractivity contribution in [2.45, 2.75) is 52.0 Å². The molecular weight excluding hydrogens is 300 g/mol. The molecule has 1 aliphatic rings. The number of hydrogen-bond donors (Lipinski definition) is 0. The van der Waals surface area contributed by atoms with E-state index in [0.29, 0.717) is 18.2 Å². The molecule has 0 bridgehead atoms. The summed E-state index contributed by atoms with van der Waals surface area (Å²) in [6, 6.07) is 6.68. The van der Waals surface area contributed by atoms with Gasteiger partial charge in [-0.05, 0) is 38.8 Å². The lowest BCUT2D eigenvalue weighted by molar-refractivity contribution is 0.0526. The molecule has 0 atom stereocenters. The van der Waals surface area contributed by atoms with E-state index in [4.69, 9.17) is 4.74 Å². The Morgan fingerprint density at radius 2 is 2.04 bits per heavy atom. The number of carbonyl (C=O) groups is 1. The van der Waals surface area contributed by atoms with Crippen LogP contribution in [0.5, 0.6) is 0 Å². The Labute approximate surface area is 143 Å². The van der Waals surface area contributed by atoms with E-state index in [-0.39, 0.29) is 5.97 Å². The van der Waals surface area contributed by atoms with Crippen LogP contribution >= 0.6 is 0 Å². The minimum Gasteiger partial charge on any atom is -0.462 e. The zero-order chi connectivity index (χ0) is 17.1. The van der Waals surface area contributed by atoms with Gasteiger partial charge >= 0.3 is 5.97 Å². The van der Waals surface area contributed by atoms with Crippen molar-refractivity contribution in [3.63, 3.8) is 0 Å². The molecule has 0 aliphatic heterocycles. The van der Waals surface area contributed by atoms with Gasteiger partial charge in [-0.15, -0.1) is 0 Å². The molecule has 0 saturated heterocycles. The summed E-state index contributed by atoms with van der Waals surface area (Å²) >= 11 is 0. The lowest BCUT2D eigenvalue weighted by Gasteiger charge is -2.34. The number of benzene rings is 1. The van der Waals surface area contributed by atoms with Crippen LogP contribution in [-0.2, 0) is 4.74 Å². The minimum absolute atomic E-state index is 0.286. The molecule has 1 aromatic heterocycles.